The summed E-state index contributed by atoms with van der Waals surface area (Å²) in [4.78, 5) is -0.215. The Balaban J connectivity index is 0.000000217. The van der Waals surface area contributed by atoms with Crippen LogP contribution in [0.2, 0.25) is 0 Å². The third-order valence-electron chi connectivity index (χ3n) is 2.57. The van der Waals surface area contributed by atoms with Gasteiger partial charge in [0.2, 0.25) is 5.06 Å². The molecule has 2 aromatic rings. The number of fused-ring (bicyclic) bond motifs is 1. The van der Waals surface area contributed by atoms with E-state index in [9.17, 15) is 13.0 Å². The fraction of sp³-hybridized carbons (Fsp3) is 0.143. The van der Waals surface area contributed by atoms with Crippen LogP contribution in [0.3, 0.4) is 0 Å². The minimum atomic E-state index is -4.31. The molecule has 0 saturated carbocycles. The molecule has 0 radical (unpaired) electrons. The van der Waals surface area contributed by atoms with Crippen molar-refractivity contribution >= 4 is 27.5 Å². The van der Waals surface area contributed by atoms with E-state index in [2.05, 4.69) is 6.58 Å². The predicted molar refractivity (Wildman–Crippen MR) is 79.8 cm³/mol. The van der Waals surface area contributed by atoms with Gasteiger partial charge in [0, 0.05) is 0 Å². The first-order chi connectivity index (χ1) is 10.0. The summed E-state index contributed by atoms with van der Waals surface area (Å²) < 4.78 is 41.9. The zero-order valence-corrected chi connectivity index (χ0v) is 15.7. The van der Waals surface area contributed by atoms with E-state index in [0.29, 0.717) is 13.2 Å². The molecular weight excluding hydrogens is 335 g/mol. The normalized spacial score (nSPS) is 12.4. The summed E-state index contributed by atoms with van der Waals surface area (Å²) in [7, 11) is -4.31. The third-order valence-corrected chi connectivity index (χ3v) is 4.23. The van der Waals surface area contributed by atoms with Crippen molar-refractivity contribution in [2.75, 3.05) is 13.2 Å². The van der Waals surface area contributed by atoms with Crippen LogP contribution in [0.15, 0.2) is 47.2 Å². The molecule has 1 aliphatic rings. The number of benzene rings is 1. The van der Waals surface area contributed by atoms with Crippen LogP contribution in [0.4, 0.5) is 0 Å². The smallest absolute Gasteiger partial charge is 0.744 e. The van der Waals surface area contributed by atoms with Crippen molar-refractivity contribution in [2.24, 2.45) is 0 Å². The molecule has 0 spiro atoms. The Morgan fingerprint density at radius 1 is 1.14 bits per heavy atom. The van der Waals surface area contributed by atoms with Crippen LogP contribution in [-0.2, 0) is 10.1 Å². The molecule has 8 heteroatoms. The van der Waals surface area contributed by atoms with E-state index in [-0.39, 0.29) is 34.5 Å². The second-order valence-corrected chi connectivity index (χ2v) is 6.25. The molecule has 1 aromatic heterocycles. The largest absolute Gasteiger partial charge is 1.00 e. The van der Waals surface area contributed by atoms with Gasteiger partial charge in [-0.2, -0.15) is 0 Å². The molecule has 2 heterocycles. The van der Waals surface area contributed by atoms with Gasteiger partial charge in [-0.1, -0.05) is 24.8 Å². The van der Waals surface area contributed by atoms with Crippen LogP contribution in [0.5, 0.6) is 10.8 Å². The molecule has 22 heavy (non-hydrogen) atoms. The third kappa shape index (κ3) is 5.42. The molecule has 3 rings (SSSR count). The Bertz CT molecular complexity index is 687. The number of ether oxygens (including phenoxy) is 2. The number of hydrogen-bond acceptors (Lipinski definition) is 6. The maximum absolute atomic E-state index is 10.5. The molecule has 112 valence electrons. The molecule has 0 atom stereocenters. The maximum atomic E-state index is 10.5. The molecule has 0 bridgehead atoms. The number of thiophene rings is 1. The van der Waals surface area contributed by atoms with E-state index in [1.807, 2.05) is 11.4 Å². The quantitative estimate of drug-likeness (QED) is 0.553. The van der Waals surface area contributed by atoms with Crippen molar-refractivity contribution in [3.63, 3.8) is 0 Å². The van der Waals surface area contributed by atoms with Crippen LogP contribution in [0, 0.1) is 0 Å². The summed E-state index contributed by atoms with van der Waals surface area (Å²) in [6.07, 6.45) is 1.57. The first kappa shape index (κ1) is 19.2. The van der Waals surface area contributed by atoms with Gasteiger partial charge in [0.1, 0.15) is 23.3 Å². The summed E-state index contributed by atoms with van der Waals surface area (Å²) in [5, 5.41) is 2.89. The molecule has 1 aromatic carbocycles. The minimum Gasteiger partial charge on any atom is -0.744 e. The zero-order chi connectivity index (χ0) is 15.3. The van der Waals surface area contributed by atoms with E-state index >= 15 is 0 Å². The number of hydrogen-bond donors (Lipinski definition) is 0. The van der Waals surface area contributed by atoms with E-state index in [1.165, 1.54) is 24.3 Å². The SMILES string of the molecule is C=Cc1ccc(S(=O)(=O)[O-])cc1.[Na+].c1cc2c(s1)OCCO2. The van der Waals surface area contributed by atoms with Crippen LogP contribution in [-0.4, -0.2) is 26.2 Å². The molecule has 0 amide bonds. The van der Waals surface area contributed by atoms with Gasteiger partial charge in [0.25, 0.3) is 0 Å². The maximum Gasteiger partial charge on any atom is 1.00 e. The Labute approximate surface area is 155 Å². The Morgan fingerprint density at radius 3 is 2.32 bits per heavy atom. The van der Waals surface area contributed by atoms with E-state index in [1.54, 1.807) is 17.4 Å². The van der Waals surface area contributed by atoms with Gasteiger partial charge < -0.3 is 14.0 Å². The van der Waals surface area contributed by atoms with Crippen LogP contribution < -0.4 is 39.0 Å². The van der Waals surface area contributed by atoms with Gasteiger partial charge >= 0.3 is 29.6 Å². The summed E-state index contributed by atoms with van der Waals surface area (Å²) in [6, 6.07) is 7.51. The van der Waals surface area contributed by atoms with Crippen molar-refractivity contribution in [2.45, 2.75) is 4.90 Å². The van der Waals surface area contributed by atoms with Crippen LogP contribution in [0.1, 0.15) is 5.56 Å². The van der Waals surface area contributed by atoms with E-state index < -0.39 is 10.1 Å². The zero-order valence-electron chi connectivity index (χ0n) is 12.0. The van der Waals surface area contributed by atoms with Crippen LogP contribution >= 0.6 is 11.3 Å². The summed E-state index contributed by atoms with van der Waals surface area (Å²) in [6.45, 7) is 4.87. The first-order valence-electron chi connectivity index (χ1n) is 6.02. The fourth-order valence-corrected chi connectivity index (χ4v) is 2.73. The minimum absolute atomic E-state index is 0. The second kappa shape index (κ2) is 8.71. The van der Waals surface area contributed by atoms with Gasteiger partial charge in [-0.25, -0.2) is 8.42 Å². The summed E-state index contributed by atoms with van der Waals surface area (Å²) >= 11 is 1.58. The molecule has 0 saturated heterocycles. The van der Waals surface area contributed by atoms with Crippen molar-refractivity contribution in [1.29, 1.82) is 0 Å². The summed E-state index contributed by atoms with van der Waals surface area (Å²) in [5.74, 6) is 0.895. The molecule has 0 N–H and O–H groups in total. The monoisotopic (exact) mass is 348 g/mol. The molecule has 0 unspecified atom stereocenters. The fourth-order valence-electron chi connectivity index (χ4n) is 1.55. The van der Waals surface area contributed by atoms with Crippen LogP contribution in [0.25, 0.3) is 6.08 Å². The molecular formula is C14H13NaO5S2. The van der Waals surface area contributed by atoms with Gasteiger partial charge in [-0.05, 0) is 29.1 Å². The van der Waals surface area contributed by atoms with Gasteiger partial charge in [0.05, 0.1) is 4.90 Å². The standard InChI is InChI=1S/C8H8O3S.C6H6O2S.Na/c1-2-7-3-5-8(6-4-7)12(9,10)11;1-4-9-6-5(1)7-2-3-8-6;/h2-6H,1H2,(H,9,10,11);1,4H,2-3H2;/q;;+1/p-1. The number of rotatable bonds is 2. The van der Waals surface area contributed by atoms with Gasteiger partial charge in [0.15, 0.2) is 5.75 Å². The van der Waals surface area contributed by atoms with Crippen molar-refractivity contribution < 1.29 is 52.0 Å². The van der Waals surface area contributed by atoms with E-state index in [0.717, 1.165) is 16.4 Å². The Hall–Kier alpha value is -0.830. The first-order valence-corrected chi connectivity index (χ1v) is 8.31. The molecule has 5 nitrogen and oxygen atoms in total. The molecule has 0 fully saturated rings. The average molecular weight is 348 g/mol. The Morgan fingerprint density at radius 2 is 1.77 bits per heavy atom. The van der Waals surface area contributed by atoms with Crippen molar-refractivity contribution in [3.8, 4) is 10.8 Å². The van der Waals surface area contributed by atoms with Gasteiger partial charge in [-0.3, -0.25) is 0 Å². The molecule has 0 aliphatic carbocycles. The second-order valence-electron chi connectivity index (χ2n) is 4.00. The topological polar surface area (TPSA) is 75.7 Å². The summed E-state index contributed by atoms with van der Waals surface area (Å²) in [5.41, 5.74) is 0.780. The van der Waals surface area contributed by atoms with E-state index in [4.69, 9.17) is 9.47 Å². The predicted octanol–water partition coefficient (Wildman–Crippen LogP) is -0.243. The van der Waals surface area contributed by atoms with Gasteiger partial charge in [-0.15, -0.1) is 11.3 Å². The Kier molecular flexibility index (Phi) is 7.61. The van der Waals surface area contributed by atoms with Crippen molar-refractivity contribution in [1.82, 2.24) is 0 Å². The molecule has 1 aliphatic heterocycles. The van der Waals surface area contributed by atoms with Crippen molar-refractivity contribution in [3.05, 3.63) is 47.9 Å². The average Bonchev–Trinajstić information content (AvgIpc) is 2.95.